The summed E-state index contributed by atoms with van der Waals surface area (Å²) in [7, 11) is 0. The maximum Gasteiger partial charge on any atom is 0.305 e. The highest BCUT2D eigenvalue weighted by Gasteiger charge is 2.40. The number of aliphatic carboxylic acids is 1. The highest BCUT2D eigenvalue weighted by atomic mass is 16.4. The molecule has 2 rings (SSSR count). The Kier molecular flexibility index (Phi) is 4.62. The lowest BCUT2D eigenvalue weighted by atomic mass is 9.85. The molecule has 0 amide bonds. The number of carboxylic acids is 1. The van der Waals surface area contributed by atoms with Gasteiger partial charge in [0.1, 0.15) is 0 Å². The molecule has 1 atom stereocenters. The second-order valence-corrected chi connectivity index (χ2v) is 5.78. The first-order valence-electron chi connectivity index (χ1n) is 7.35. The molecular formula is C14H26N2O2. The first-order valence-corrected chi connectivity index (χ1v) is 7.35. The van der Waals surface area contributed by atoms with Gasteiger partial charge in [-0.05, 0) is 64.8 Å². The molecular weight excluding hydrogens is 228 g/mol. The summed E-state index contributed by atoms with van der Waals surface area (Å²) in [6.07, 6.45) is 6.00. The molecule has 1 N–H and O–H groups in total. The molecule has 0 aliphatic carbocycles. The first-order chi connectivity index (χ1) is 8.66. The Morgan fingerprint density at radius 1 is 1.11 bits per heavy atom. The third kappa shape index (κ3) is 3.04. The van der Waals surface area contributed by atoms with Crippen molar-refractivity contribution in [3.63, 3.8) is 0 Å². The summed E-state index contributed by atoms with van der Waals surface area (Å²) < 4.78 is 0. The van der Waals surface area contributed by atoms with Crippen LogP contribution in [0.1, 0.15) is 45.4 Å². The maximum absolute atomic E-state index is 11.3. The zero-order valence-corrected chi connectivity index (χ0v) is 11.5. The zero-order valence-electron chi connectivity index (χ0n) is 11.5. The molecule has 0 aromatic carbocycles. The van der Waals surface area contributed by atoms with E-state index in [-0.39, 0.29) is 5.54 Å². The molecule has 104 valence electrons. The minimum absolute atomic E-state index is 0.0632. The van der Waals surface area contributed by atoms with Crippen molar-refractivity contribution in [3.05, 3.63) is 0 Å². The predicted octanol–water partition coefficient (Wildman–Crippen LogP) is 1.80. The van der Waals surface area contributed by atoms with Crippen LogP contribution < -0.4 is 0 Å². The fraction of sp³-hybridized carbons (Fsp3) is 0.929. The van der Waals surface area contributed by atoms with Gasteiger partial charge in [0.05, 0.1) is 6.42 Å². The van der Waals surface area contributed by atoms with Crippen LogP contribution >= 0.6 is 0 Å². The molecule has 18 heavy (non-hydrogen) atoms. The van der Waals surface area contributed by atoms with Gasteiger partial charge in [-0.3, -0.25) is 9.69 Å². The van der Waals surface area contributed by atoms with Crippen LogP contribution in [0.25, 0.3) is 0 Å². The molecule has 4 heteroatoms. The standard InChI is InChI=1S/C14H26N2O2/c1-2-15-8-5-6-14(7-11-15,12-13(17)18)16-9-3-4-10-16/h2-12H2,1H3,(H,17,18). The Morgan fingerprint density at radius 2 is 1.83 bits per heavy atom. The summed E-state index contributed by atoms with van der Waals surface area (Å²) in [6.45, 7) is 7.66. The lowest BCUT2D eigenvalue weighted by Gasteiger charge is -2.40. The average molecular weight is 254 g/mol. The van der Waals surface area contributed by atoms with E-state index >= 15 is 0 Å². The van der Waals surface area contributed by atoms with Crippen molar-refractivity contribution in [3.8, 4) is 0 Å². The second-order valence-electron chi connectivity index (χ2n) is 5.78. The van der Waals surface area contributed by atoms with Crippen molar-refractivity contribution in [2.75, 3.05) is 32.7 Å². The van der Waals surface area contributed by atoms with Crippen molar-refractivity contribution < 1.29 is 9.90 Å². The number of nitrogens with zero attached hydrogens (tertiary/aromatic N) is 2. The van der Waals surface area contributed by atoms with Crippen molar-refractivity contribution in [1.82, 2.24) is 9.80 Å². The number of hydrogen-bond donors (Lipinski definition) is 1. The van der Waals surface area contributed by atoms with E-state index in [9.17, 15) is 9.90 Å². The van der Waals surface area contributed by atoms with Crippen LogP contribution in [0.5, 0.6) is 0 Å². The van der Waals surface area contributed by atoms with Gasteiger partial charge in [-0.1, -0.05) is 6.92 Å². The molecule has 1 unspecified atom stereocenters. The fourth-order valence-electron chi connectivity index (χ4n) is 3.63. The molecule has 0 aromatic rings. The van der Waals surface area contributed by atoms with Crippen LogP contribution in [-0.2, 0) is 4.79 Å². The molecule has 2 aliphatic rings. The van der Waals surface area contributed by atoms with E-state index in [0.29, 0.717) is 6.42 Å². The Balaban J connectivity index is 2.10. The molecule has 4 nitrogen and oxygen atoms in total. The summed E-state index contributed by atoms with van der Waals surface area (Å²) in [6, 6.07) is 0. The molecule has 0 bridgehead atoms. The Hall–Kier alpha value is -0.610. The second kappa shape index (κ2) is 6.02. The highest BCUT2D eigenvalue weighted by molar-refractivity contribution is 5.68. The Morgan fingerprint density at radius 3 is 2.44 bits per heavy atom. The van der Waals surface area contributed by atoms with Crippen LogP contribution in [0.3, 0.4) is 0 Å². The third-order valence-corrected chi connectivity index (χ3v) is 4.71. The van der Waals surface area contributed by atoms with Crippen molar-refractivity contribution >= 4 is 5.97 Å². The van der Waals surface area contributed by atoms with Gasteiger partial charge >= 0.3 is 5.97 Å². The molecule has 2 aliphatic heterocycles. The molecule has 2 heterocycles. The number of hydrogen-bond acceptors (Lipinski definition) is 3. The van der Waals surface area contributed by atoms with Crippen molar-refractivity contribution in [2.45, 2.75) is 51.0 Å². The largest absolute Gasteiger partial charge is 0.481 e. The van der Waals surface area contributed by atoms with Crippen LogP contribution in [0.2, 0.25) is 0 Å². The summed E-state index contributed by atoms with van der Waals surface area (Å²) in [4.78, 5) is 16.2. The number of carboxylic acid groups (broad SMARTS) is 1. The van der Waals surface area contributed by atoms with Crippen molar-refractivity contribution in [1.29, 1.82) is 0 Å². The van der Waals surface area contributed by atoms with Crippen molar-refractivity contribution in [2.24, 2.45) is 0 Å². The molecule has 0 spiro atoms. The van der Waals surface area contributed by atoms with E-state index in [0.717, 1.165) is 52.0 Å². The normalized spacial score (nSPS) is 31.4. The fourth-order valence-corrected chi connectivity index (χ4v) is 3.63. The monoisotopic (exact) mass is 254 g/mol. The summed E-state index contributed by atoms with van der Waals surface area (Å²) in [5.41, 5.74) is -0.0632. The van der Waals surface area contributed by atoms with E-state index in [1.54, 1.807) is 0 Å². The van der Waals surface area contributed by atoms with Crippen LogP contribution in [-0.4, -0.2) is 59.1 Å². The van der Waals surface area contributed by atoms with Gasteiger partial charge in [-0.15, -0.1) is 0 Å². The minimum Gasteiger partial charge on any atom is -0.481 e. The van der Waals surface area contributed by atoms with E-state index in [1.165, 1.54) is 12.8 Å². The highest BCUT2D eigenvalue weighted by Crippen LogP contribution is 2.34. The molecule has 2 fully saturated rings. The number of carbonyl (C=O) groups is 1. The summed E-state index contributed by atoms with van der Waals surface area (Å²) in [5.74, 6) is -0.633. The molecule has 2 saturated heterocycles. The smallest absolute Gasteiger partial charge is 0.305 e. The number of rotatable bonds is 4. The van der Waals surface area contributed by atoms with Gasteiger partial charge in [-0.2, -0.15) is 0 Å². The van der Waals surface area contributed by atoms with Crippen LogP contribution in [0, 0.1) is 0 Å². The zero-order chi connectivity index (χ0) is 13.0. The van der Waals surface area contributed by atoms with E-state index < -0.39 is 5.97 Å². The average Bonchev–Trinajstić information content (AvgIpc) is 2.79. The minimum atomic E-state index is -0.633. The van der Waals surface area contributed by atoms with E-state index in [4.69, 9.17) is 0 Å². The van der Waals surface area contributed by atoms with Gasteiger partial charge in [0, 0.05) is 5.54 Å². The van der Waals surface area contributed by atoms with Gasteiger partial charge < -0.3 is 10.0 Å². The van der Waals surface area contributed by atoms with Gasteiger partial charge in [0.15, 0.2) is 0 Å². The van der Waals surface area contributed by atoms with Gasteiger partial charge in [0.2, 0.25) is 0 Å². The molecule has 0 saturated carbocycles. The topological polar surface area (TPSA) is 43.8 Å². The van der Waals surface area contributed by atoms with Crippen LogP contribution in [0.4, 0.5) is 0 Å². The van der Waals surface area contributed by atoms with Gasteiger partial charge in [0.25, 0.3) is 0 Å². The van der Waals surface area contributed by atoms with Gasteiger partial charge in [-0.25, -0.2) is 0 Å². The lowest BCUT2D eigenvalue weighted by molar-refractivity contribution is -0.140. The summed E-state index contributed by atoms with van der Waals surface area (Å²) in [5, 5.41) is 9.27. The van der Waals surface area contributed by atoms with E-state index in [1.807, 2.05) is 0 Å². The lowest BCUT2D eigenvalue weighted by Crippen LogP contribution is -2.49. The molecule has 0 aromatic heterocycles. The number of likely N-dealkylation sites (tertiary alicyclic amines) is 2. The molecule has 0 radical (unpaired) electrons. The predicted molar refractivity (Wildman–Crippen MR) is 71.8 cm³/mol. The Labute approximate surface area is 110 Å². The Bertz CT molecular complexity index is 290. The summed E-state index contributed by atoms with van der Waals surface area (Å²) >= 11 is 0. The quantitative estimate of drug-likeness (QED) is 0.831. The SMILES string of the molecule is CCN1CCCC(CC(=O)O)(N2CCCC2)CC1. The van der Waals surface area contributed by atoms with E-state index in [2.05, 4.69) is 16.7 Å². The first kappa shape index (κ1) is 13.8. The van der Waals surface area contributed by atoms with Crippen LogP contribution in [0.15, 0.2) is 0 Å². The maximum atomic E-state index is 11.3. The third-order valence-electron chi connectivity index (χ3n) is 4.71.